The van der Waals surface area contributed by atoms with E-state index in [-0.39, 0.29) is 12.5 Å². The fraction of sp³-hybridized carbons (Fsp3) is 0.800. The first kappa shape index (κ1) is 13.7. The average Bonchev–Trinajstić information content (AvgIpc) is 2.21. The third-order valence-electron chi connectivity index (χ3n) is 2.04. The smallest absolute Gasteiger partial charge is 0.409 e. The molecule has 88 valence electrons. The summed E-state index contributed by atoms with van der Waals surface area (Å²) >= 11 is 0. The summed E-state index contributed by atoms with van der Waals surface area (Å²) in [6.07, 6.45) is 1.73. The molecule has 0 spiro atoms. The van der Waals surface area contributed by atoms with Gasteiger partial charge in [-0.15, -0.1) is 0 Å². The van der Waals surface area contributed by atoms with E-state index < -0.39 is 5.97 Å². The van der Waals surface area contributed by atoms with E-state index in [9.17, 15) is 14.7 Å². The Morgan fingerprint density at radius 1 is 1.27 bits per heavy atom. The van der Waals surface area contributed by atoms with Crippen LogP contribution in [0.5, 0.6) is 0 Å². The van der Waals surface area contributed by atoms with Crippen molar-refractivity contribution in [3.63, 3.8) is 0 Å². The summed E-state index contributed by atoms with van der Waals surface area (Å²) in [5.74, 6) is -1.03. The number of hydrogen-bond acceptors (Lipinski definition) is 4. The summed E-state index contributed by atoms with van der Waals surface area (Å²) in [4.78, 5) is 22.7. The first-order valence-corrected chi connectivity index (χ1v) is 5.15. The van der Waals surface area contributed by atoms with E-state index in [1.165, 1.54) is 4.90 Å². The van der Waals surface area contributed by atoms with Gasteiger partial charge in [-0.05, 0) is 32.6 Å². The maximum Gasteiger partial charge on any atom is 0.409 e. The maximum absolute atomic E-state index is 11.1. The van der Waals surface area contributed by atoms with Crippen LogP contribution in [0, 0.1) is 0 Å². The van der Waals surface area contributed by atoms with E-state index in [0.29, 0.717) is 26.0 Å². The number of carbonyl (C=O) groups is 2. The number of rotatable bonds is 7. The SMILES string of the molecule is CCN(C)C(=O)OCCCCCC(=O)[O-]. The van der Waals surface area contributed by atoms with E-state index in [1.807, 2.05) is 6.92 Å². The summed E-state index contributed by atoms with van der Waals surface area (Å²) in [5, 5.41) is 10.1. The van der Waals surface area contributed by atoms with Crippen molar-refractivity contribution in [1.82, 2.24) is 4.90 Å². The van der Waals surface area contributed by atoms with Crippen molar-refractivity contribution in [3.8, 4) is 0 Å². The van der Waals surface area contributed by atoms with Crippen LogP contribution in [0.15, 0.2) is 0 Å². The Morgan fingerprint density at radius 3 is 2.47 bits per heavy atom. The van der Waals surface area contributed by atoms with Gasteiger partial charge in [-0.1, -0.05) is 0 Å². The molecule has 0 fully saturated rings. The molecular formula is C10H18NO4-. The van der Waals surface area contributed by atoms with Crippen molar-refractivity contribution in [3.05, 3.63) is 0 Å². The number of carbonyl (C=O) groups excluding carboxylic acids is 2. The molecule has 0 aliphatic carbocycles. The molecule has 0 bridgehead atoms. The standard InChI is InChI=1S/C10H19NO4/c1-3-11(2)10(14)15-8-6-4-5-7-9(12)13/h3-8H2,1-2H3,(H,12,13)/p-1. The third kappa shape index (κ3) is 7.78. The molecule has 0 saturated heterocycles. The molecule has 0 rings (SSSR count). The largest absolute Gasteiger partial charge is 0.550 e. The molecule has 0 heterocycles. The highest BCUT2D eigenvalue weighted by molar-refractivity contribution is 5.67. The van der Waals surface area contributed by atoms with Crippen molar-refractivity contribution in [1.29, 1.82) is 0 Å². The lowest BCUT2D eigenvalue weighted by Gasteiger charge is -2.14. The van der Waals surface area contributed by atoms with E-state index in [0.717, 1.165) is 6.42 Å². The number of hydrogen-bond donors (Lipinski definition) is 0. The Labute approximate surface area is 90.0 Å². The second-order valence-electron chi connectivity index (χ2n) is 3.31. The zero-order valence-corrected chi connectivity index (χ0v) is 9.32. The predicted molar refractivity (Wildman–Crippen MR) is 53.1 cm³/mol. The number of carboxylic acids is 1. The molecule has 0 unspecified atom stereocenters. The molecule has 0 aromatic carbocycles. The van der Waals surface area contributed by atoms with Crippen LogP contribution in [-0.4, -0.2) is 37.2 Å². The van der Waals surface area contributed by atoms with Crippen LogP contribution >= 0.6 is 0 Å². The quantitative estimate of drug-likeness (QED) is 0.577. The van der Waals surface area contributed by atoms with Crippen LogP contribution in [0.1, 0.15) is 32.6 Å². The zero-order valence-electron chi connectivity index (χ0n) is 9.32. The third-order valence-corrected chi connectivity index (χ3v) is 2.04. The highest BCUT2D eigenvalue weighted by atomic mass is 16.6. The highest BCUT2D eigenvalue weighted by Gasteiger charge is 2.05. The van der Waals surface area contributed by atoms with Gasteiger partial charge < -0.3 is 19.5 Å². The molecule has 0 aromatic heterocycles. The molecule has 0 aromatic rings. The fourth-order valence-corrected chi connectivity index (χ4v) is 0.947. The van der Waals surface area contributed by atoms with Crippen molar-refractivity contribution >= 4 is 12.1 Å². The van der Waals surface area contributed by atoms with Gasteiger partial charge in [0, 0.05) is 19.6 Å². The van der Waals surface area contributed by atoms with Crippen molar-refractivity contribution in [2.75, 3.05) is 20.2 Å². The average molecular weight is 216 g/mol. The topological polar surface area (TPSA) is 69.7 Å². The van der Waals surface area contributed by atoms with Crippen LogP contribution in [0.4, 0.5) is 4.79 Å². The molecule has 0 saturated carbocycles. The van der Waals surface area contributed by atoms with Crippen LogP contribution in [-0.2, 0) is 9.53 Å². The second-order valence-corrected chi connectivity index (χ2v) is 3.31. The van der Waals surface area contributed by atoms with Gasteiger partial charge in [0.05, 0.1) is 6.61 Å². The van der Waals surface area contributed by atoms with Crippen LogP contribution in [0.25, 0.3) is 0 Å². The molecular weight excluding hydrogens is 198 g/mol. The summed E-state index contributed by atoms with van der Waals surface area (Å²) in [6.45, 7) is 2.82. The Kier molecular flexibility index (Phi) is 7.40. The molecule has 0 aliphatic rings. The van der Waals surface area contributed by atoms with E-state index in [4.69, 9.17) is 4.74 Å². The van der Waals surface area contributed by atoms with E-state index in [2.05, 4.69) is 0 Å². The zero-order chi connectivity index (χ0) is 11.7. The Bertz CT molecular complexity index is 206. The molecule has 15 heavy (non-hydrogen) atoms. The van der Waals surface area contributed by atoms with Gasteiger partial charge >= 0.3 is 6.09 Å². The van der Waals surface area contributed by atoms with Crippen molar-refractivity contribution in [2.24, 2.45) is 0 Å². The first-order valence-electron chi connectivity index (χ1n) is 5.15. The van der Waals surface area contributed by atoms with Gasteiger partial charge in [0.1, 0.15) is 0 Å². The highest BCUT2D eigenvalue weighted by Crippen LogP contribution is 2.00. The number of nitrogens with zero attached hydrogens (tertiary/aromatic N) is 1. The van der Waals surface area contributed by atoms with Crippen molar-refractivity contribution < 1.29 is 19.4 Å². The minimum atomic E-state index is -1.03. The molecule has 5 nitrogen and oxygen atoms in total. The minimum absolute atomic E-state index is 0.0722. The molecule has 1 amide bonds. The predicted octanol–water partition coefficient (Wildman–Crippen LogP) is 0.385. The summed E-state index contributed by atoms with van der Waals surface area (Å²) < 4.78 is 4.93. The fourth-order valence-electron chi connectivity index (χ4n) is 0.947. The molecule has 0 radical (unpaired) electrons. The van der Waals surface area contributed by atoms with Crippen LogP contribution in [0.2, 0.25) is 0 Å². The van der Waals surface area contributed by atoms with Gasteiger partial charge in [0.2, 0.25) is 0 Å². The molecule has 0 atom stereocenters. The Balaban J connectivity index is 3.31. The van der Waals surface area contributed by atoms with Crippen LogP contribution < -0.4 is 5.11 Å². The van der Waals surface area contributed by atoms with E-state index >= 15 is 0 Å². The van der Waals surface area contributed by atoms with Gasteiger partial charge in [-0.2, -0.15) is 0 Å². The van der Waals surface area contributed by atoms with Gasteiger partial charge in [0.25, 0.3) is 0 Å². The lowest BCUT2D eigenvalue weighted by Crippen LogP contribution is -2.27. The number of ether oxygens (including phenoxy) is 1. The number of amides is 1. The van der Waals surface area contributed by atoms with E-state index in [1.54, 1.807) is 7.05 Å². The summed E-state index contributed by atoms with van der Waals surface area (Å²) in [5.41, 5.74) is 0. The number of aliphatic carboxylic acids is 1. The number of carboxylic acid groups (broad SMARTS) is 1. The lowest BCUT2D eigenvalue weighted by molar-refractivity contribution is -0.305. The minimum Gasteiger partial charge on any atom is -0.550 e. The summed E-state index contributed by atoms with van der Waals surface area (Å²) in [6, 6.07) is 0. The van der Waals surface area contributed by atoms with Gasteiger partial charge in [0.15, 0.2) is 0 Å². The normalized spacial score (nSPS) is 9.73. The van der Waals surface area contributed by atoms with Crippen molar-refractivity contribution in [2.45, 2.75) is 32.6 Å². The summed E-state index contributed by atoms with van der Waals surface area (Å²) in [7, 11) is 1.67. The monoisotopic (exact) mass is 216 g/mol. The van der Waals surface area contributed by atoms with Gasteiger partial charge in [-0.3, -0.25) is 0 Å². The first-order chi connectivity index (χ1) is 7.07. The van der Waals surface area contributed by atoms with Gasteiger partial charge in [-0.25, -0.2) is 4.79 Å². The lowest BCUT2D eigenvalue weighted by atomic mass is 10.2. The molecule has 0 N–H and O–H groups in total. The maximum atomic E-state index is 11.1. The number of unbranched alkanes of at least 4 members (excludes halogenated alkanes) is 2. The molecule has 5 heteroatoms. The molecule has 0 aliphatic heterocycles. The van der Waals surface area contributed by atoms with Crippen LogP contribution in [0.3, 0.4) is 0 Å². The Hall–Kier alpha value is -1.26. The Morgan fingerprint density at radius 2 is 1.93 bits per heavy atom. The second kappa shape index (κ2) is 8.08.